The molecule has 32 heavy (non-hydrogen) atoms. The van der Waals surface area contributed by atoms with Gasteiger partial charge in [-0.15, -0.1) is 0 Å². The third-order valence-corrected chi connectivity index (χ3v) is 6.13. The number of halogens is 3. The Hall–Kier alpha value is -3.27. The first-order chi connectivity index (χ1) is 15.5. The third-order valence-electron chi connectivity index (χ3n) is 6.13. The van der Waals surface area contributed by atoms with Crippen LogP contribution in [0, 0.1) is 0 Å². The van der Waals surface area contributed by atoms with Crippen LogP contribution in [0.3, 0.4) is 0 Å². The largest absolute Gasteiger partial charge is 0.431 e. The first kappa shape index (κ1) is 19.4. The van der Waals surface area contributed by atoms with Gasteiger partial charge < -0.3 is 15.6 Å². The van der Waals surface area contributed by atoms with E-state index in [0.717, 1.165) is 49.4 Å². The van der Waals surface area contributed by atoms with Crippen molar-refractivity contribution in [2.45, 2.75) is 37.4 Å². The molecule has 7 nitrogen and oxygen atoms in total. The van der Waals surface area contributed by atoms with Gasteiger partial charge in [0.15, 0.2) is 5.82 Å². The number of hydrogen-bond donors (Lipinski definition) is 3. The van der Waals surface area contributed by atoms with Gasteiger partial charge in [-0.25, -0.2) is 15.0 Å². The van der Waals surface area contributed by atoms with Crippen molar-refractivity contribution in [3.63, 3.8) is 0 Å². The Labute approximate surface area is 180 Å². The Balaban J connectivity index is 1.55. The highest BCUT2D eigenvalue weighted by atomic mass is 19.4. The number of pyridine rings is 2. The van der Waals surface area contributed by atoms with E-state index in [4.69, 9.17) is 9.97 Å². The van der Waals surface area contributed by atoms with Crippen LogP contribution in [-0.2, 0) is 6.18 Å². The zero-order valence-electron chi connectivity index (χ0n) is 17.0. The van der Waals surface area contributed by atoms with Crippen LogP contribution in [0.1, 0.15) is 36.4 Å². The average molecular weight is 439 g/mol. The summed E-state index contributed by atoms with van der Waals surface area (Å²) in [4.78, 5) is 20.4. The van der Waals surface area contributed by atoms with Crippen molar-refractivity contribution < 1.29 is 13.2 Å². The molecule has 0 radical (unpaired) electrons. The topological polar surface area (TPSA) is 91.4 Å². The number of anilines is 1. The van der Waals surface area contributed by atoms with Crippen molar-refractivity contribution in [1.82, 2.24) is 30.2 Å². The molecule has 0 bridgehead atoms. The molecule has 0 unspecified atom stereocenters. The average Bonchev–Trinajstić information content (AvgIpc) is 3.29. The van der Waals surface area contributed by atoms with Crippen molar-refractivity contribution >= 4 is 27.8 Å². The van der Waals surface area contributed by atoms with E-state index in [1.54, 1.807) is 12.3 Å². The number of alkyl halides is 3. The van der Waals surface area contributed by atoms with Crippen molar-refractivity contribution in [1.29, 1.82) is 0 Å². The first-order valence-electron chi connectivity index (χ1n) is 10.7. The minimum Gasteiger partial charge on any atom is -0.365 e. The van der Waals surface area contributed by atoms with Gasteiger partial charge in [-0.3, -0.25) is 4.98 Å². The summed E-state index contributed by atoms with van der Waals surface area (Å²) in [6.45, 7) is 1.76. The van der Waals surface area contributed by atoms with E-state index in [9.17, 15) is 13.2 Å². The van der Waals surface area contributed by atoms with E-state index in [1.165, 1.54) is 6.20 Å². The van der Waals surface area contributed by atoms with Crippen molar-refractivity contribution in [2.75, 3.05) is 18.4 Å². The second kappa shape index (κ2) is 7.13. The Morgan fingerprint density at radius 1 is 1.09 bits per heavy atom. The fraction of sp³-hybridized carbons (Fsp3) is 0.364. The molecule has 1 aliphatic heterocycles. The molecule has 5 heterocycles. The molecular formula is C22H20F3N7. The summed E-state index contributed by atoms with van der Waals surface area (Å²) in [5.41, 5.74) is 1.61. The third kappa shape index (κ3) is 3.35. The van der Waals surface area contributed by atoms with Gasteiger partial charge >= 0.3 is 6.18 Å². The van der Waals surface area contributed by atoms with Gasteiger partial charge in [0.1, 0.15) is 17.2 Å². The highest BCUT2D eigenvalue weighted by molar-refractivity contribution is 5.97. The van der Waals surface area contributed by atoms with Crippen molar-refractivity contribution in [3.8, 4) is 11.4 Å². The minimum absolute atomic E-state index is 0.151. The Morgan fingerprint density at radius 2 is 1.97 bits per heavy atom. The fourth-order valence-electron chi connectivity index (χ4n) is 4.38. The quantitative estimate of drug-likeness (QED) is 0.441. The maximum Gasteiger partial charge on any atom is 0.431 e. The lowest BCUT2D eigenvalue weighted by Gasteiger charge is -2.17. The lowest BCUT2D eigenvalue weighted by molar-refractivity contribution is -0.140. The molecule has 1 atom stereocenters. The predicted octanol–water partition coefficient (Wildman–Crippen LogP) is 4.24. The van der Waals surface area contributed by atoms with Gasteiger partial charge in [0.2, 0.25) is 0 Å². The molecule has 0 aromatic carbocycles. The van der Waals surface area contributed by atoms with E-state index < -0.39 is 11.9 Å². The molecule has 164 valence electrons. The normalized spacial score (nSPS) is 19.2. The molecule has 0 spiro atoms. The number of rotatable bonds is 4. The second-order valence-electron chi connectivity index (χ2n) is 8.43. The van der Waals surface area contributed by atoms with Crippen LogP contribution >= 0.6 is 0 Å². The summed E-state index contributed by atoms with van der Waals surface area (Å²) in [6, 6.07) is 2.94. The number of hydrogen-bond acceptors (Lipinski definition) is 6. The van der Waals surface area contributed by atoms with Crippen LogP contribution in [0.15, 0.2) is 30.7 Å². The smallest absolute Gasteiger partial charge is 0.365 e. The molecule has 6 rings (SSSR count). The van der Waals surface area contributed by atoms with Crippen molar-refractivity contribution in [2.24, 2.45) is 0 Å². The zero-order valence-corrected chi connectivity index (χ0v) is 17.0. The molecule has 0 amide bonds. The Bertz CT molecular complexity index is 1320. The van der Waals surface area contributed by atoms with Gasteiger partial charge in [0.05, 0.1) is 11.7 Å². The summed E-state index contributed by atoms with van der Waals surface area (Å²) < 4.78 is 39.8. The van der Waals surface area contributed by atoms with E-state index >= 15 is 0 Å². The first-order valence-corrected chi connectivity index (χ1v) is 10.7. The number of fused-ring (bicyclic) bond motifs is 2. The van der Waals surface area contributed by atoms with Crippen LogP contribution in [0.4, 0.5) is 19.0 Å². The van der Waals surface area contributed by atoms with E-state index in [1.807, 2.05) is 6.20 Å². The van der Waals surface area contributed by atoms with Crippen LogP contribution < -0.4 is 10.6 Å². The number of nitrogens with one attached hydrogen (secondary N) is 3. The van der Waals surface area contributed by atoms with Crippen LogP contribution in [0.2, 0.25) is 0 Å². The summed E-state index contributed by atoms with van der Waals surface area (Å²) in [5.74, 6) is 1.51. The monoisotopic (exact) mass is 439 g/mol. The summed E-state index contributed by atoms with van der Waals surface area (Å²) in [6.07, 6.45) is 3.75. The van der Waals surface area contributed by atoms with E-state index in [0.29, 0.717) is 34.0 Å². The zero-order chi connectivity index (χ0) is 21.9. The lowest BCUT2D eigenvalue weighted by Crippen LogP contribution is -2.23. The lowest BCUT2D eigenvalue weighted by atomic mass is 10.1. The second-order valence-corrected chi connectivity index (χ2v) is 8.43. The number of H-pyrrole nitrogens is 1. The number of nitrogens with zero attached hydrogens (tertiary/aromatic N) is 4. The Morgan fingerprint density at radius 3 is 2.72 bits per heavy atom. The van der Waals surface area contributed by atoms with Gasteiger partial charge in [-0.1, -0.05) is 0 Å². The molecule has 4 aromatic rings. The summed E-state index contributed by atoms with van der Waals surface area (Å²) in [5, 5.41) is 8.17. The molecular weight excluding hydrogens is 419 g/mol. The summed E-state index contributed by atoms with van der Waals surface area (Å²) >= 11 is 0. The molecule has 1 saturated heterocycles. The fourth-order valence-corrected chi connectivity index (χ4v) is 4.38. The number of aromatic nitrogens is 5. The summed E-state index contributed by atoms with van der Waals surface area (Å²) in [7, 11) is 0. The predicted molar refractivity (Wildman–Crippen MR) is 114 cm³/mol. The standard InChI is InChI=1S/C22H20F3N7/c23-22(24,25)17-7-14-13(4-6-28-19(14)31-17)20-30-16-10-27-9-15(11-1-2-11)18(16)21(32-20)29-12-3-5-26-8-12/h4,6-7,9-12,26H,1-3,5,8H2,(H,28,31)(H,29,30,32)/t12-/m0/s1. The van der Waals surface area contributed by atoms with Crippen LogP contribution in [0.25, 0.3) is 33.3 Å². The van der Waals surface area contributed by atoms with Gasteiger partial charge in [-0.2, -0.15) is 13.2 Å². The van der Waals surface area contributed by atoms with Crippen molar-refractivity contribution in [3.05, 3.63) is 42.0 Å². The Kier molecular flexibility index (Phi) is 4.32. The SMILES string of the molecule is FC(F)(F)c1cc2c(-c3nc(N[C@H]4CCNC4)c4c(C5CC5)cncc4n3)ccnc2[nH]1. The molecule has 1 aliphatic carbocycles. The van der Waals surface area contributed by atoms with Crippen LogP contribution in [0.5, 0.6) is 0 Å². The molecule has 2 aliphatic rings. The van der Waals surface area contributed by atoms with Gasteiger partial charge in [0, 0.05) is 41.3 Å². The molecule has 3 N–H and O–H groups in total. The highest BCUT2D eigenvalue weighted by Gasteiger charge is 2.33. The maximum atomic E-state index is 13.3. The van der Waals surface area contributed by atoms with E-state index in [2.05, 4.69) is 25.6 Å². The molecule has 10 heteroatoms. The molecule has 1 saturated carbocycles. The van der Waals surface area contributed by atoms with Crippen LogP contribution in [-0.4, -0.2) is 44.1 Å². The molecule has 4 aromatic heterocycles. The maximum absolute atomic E-state index is 13.3. The van der Waals surface area contributed by atoms with Gasteiger partial charge in [-0.05, 0) is 49.4 Å². The molecule has 2 fully saturated rings. The minimum atomic E-state index is -4.49. The highest BCUT2D eigenvalue weighted by Crippen LogP contribution is 2.44. The number of aromatic amines is 1. The van der Waals surface area contributed by atoms with Gasteiger partial charge in [0.25, 0.3) is 0 Å². The van der Waals surface area contributed by atoms with E-state index in [-0.39, 0.29) is 11.7 Å².